The number of ether oxygens (including phenoxy) is 1. The molecule has 2 aromatic heterocycles. The minimum Gasteiger partial charge on any atom is -0.462 e. The summed E-state index contributed by atoms with van der Waals surface area (Å²) in [7, 11) is 0. The van der Waals surface area contributed by atoms with Gasteiger partial charge >= 0.3 is 5.97 Å². The average molecular weight is 488 g/mol. The summed E-state index contributed by atoms with van der Waals surface area (Å²) in [5, 5.41) is 4.84. The van der Waals surface area contributed by atoms with Crippen LogP contribution in [0.4, 0.5) is 19.7 Å². The van der Waals surface area contributed by atoms with Crippen LogP contribution >= 0.6 is 11.3 Å². The number of nitrogens with zero attached hydrogens (tertiary/aromatic N) is 4. The number of anilines is 2. The topological polar surface area (TPSA) is 87.7 Å². The molecule has 8 nitrogen and oxygen atoms in total. The summed E-state index contributed by atoms with van der Waals surface area (Å²) in [6.07, 6.45) is 1.51. The van der Waals surface area contributed by atoms with Gasteiger partial charge in [-0.05, 0) is 37.3 Å². The third-order valence-corrected chi connectivity index (χ3v) is 6.05. The van der Waals surface area contributed by atoms with Gasteiger partial charge in [-0.3, -0.25) is 9.69 Å². The third-order valence-electron chi connectivity index (χ3n) is 5.29. The van der Waals surface area contributed by atoms with Crippen molar-refractivity contribution < 1.29 is 23.1 Å². The first-order valence-corrected chi connectivity index (χ1v) is 11.6. The highest BCUT2D eigenvalue weighted by atomic mass is 32.1. The lowest BCUT2D eigenvalue weighted by atomic mass is 10.2. The van der Waals surface area contributed by atoms with Crippen molar-refractivity contribution in [3.63, 3.8) is 0 Å². The zero-order valence-electron chi connectivity index (χ0n) is 18.5. The van der Waals surface area contributed by atoms with Gasteiger partial charge in [-0.25, -0.2) is 23.5 Å². The second-order valence-corrected chi connectivity index (χ2v) is 8.46. The number of halogens is 2. The maximum Gasteiger partial charge on any atom is 0.339 e. The largest absolute Gasteiger partial charge is 0.462 e. The quantitative estimate of drug-likeness (QED) is 0.511. The van der Waals surface area contributed by atoms with Crippen LogP contribution in [0, 0.1) is 11.6 Å². The van der Waals surface area contributed by atoms with Gasteiger partial charge in [-0.2, -0.15) is 0 Å². The van der Waals surface area contributed by atoms with E-state index in [4.69, 9.17) is 4.74 Å². The van der Waals surface area contributed by atoms with Crippen LogP contribution in [0.1, 0.15) is 17.3 Å². The highest BCUT2D eigenvalue weighted by Gasteiger charge is 2.21. The second kappa shape index (κ2) is 10.7. The van der Waals surface area contributed by atoms with Crippen molar-refractivity contribution in [2.75, 3.05) is 49.5 Å². The van der Waals surface area contributed by atoms with Crippen LogP contribution < -0.4 is 10.2 Å². The Labute approximate surface area is 199 Å². The molecule has 0 saturated carbocycles. The molecule has 1 aromatic carbocycles. The molecule has 178 valence electrons. The van der Waals surface area contributed by atoms with E-state index in [9.17, 15) is 18.4 Å². The number of hydrogen-bond acceptors (Lipinski definition) is 8. The number of hydrogen-bond donors (Lipinski definition) is 1. The molecule has 1 fully saturated rings. The Hall–Kier alpha value is -3.44. The summed E-state index contributed by atoms with van der Waals surface area (Å²) in [4.78, 5) is 37.0. The van der Waals surface area contributed by atoms with E-state index in [0.717, 1.165) is 18.0 Å². The number of thiazole rings is 1. The van der Waals surface area contributed by atoms with Crippen LogP contribution in [0.25, 0.3) is 11.3 Å². The van der Waals surface area contributed by atoms with Crippen molar-refractivity contribution in [1.82, 2.24) is 14.9 Å². The van der Waals surface area contributed by atoms with Crippen molar-refractivity contribution >= 4 is 34.2 Å². The molecule has 11 heteroatoms. The Kier molecular flexibility index (Phi) is 7.43. The van der Waals surface area contributed by atoms with E-state index in [0.29, 0.717) is 54.7 Å². The lowest BCUT2D eigenvalue weighted by molar-refractivity contribution is -0.117. The van der Waals surface area contributed by atoms with Crippen molar-refractivity contribution in [3.05, 3.63) is 59.1 Å². The number of aromatic nitrogens is 2. The van der Waals surface area contributed by atoms with Gasteiger partial charge in [-0.1, -0.05) is 0 Å². The molecule has 1 amide bonds. The van der Waals surface area contributed by atoms with Crippen molar-refractivity contribution in [2.24, 2.45) is 0 Å². The molecular weight excluding hydrogens is 464 g/mol. The molecule has 0 aliphatic carbocycles. The first kappa shape index (κ1) is 23.7. The van der Waals surface area contributed by atoms with Gasteiger partial charge < -0.3 is 15.0 Å². The van der Waals surface area contributed by atoms with Gasteiger partial charge in [0.15, 0.2) is 16.8 Å². The minimum absolute atomic E-state index is 0.198. The molecule has 34 heavy (non-hydrogen) atoms. The van der Waals surface area contributed by atoms with Crippen LogP contribution in [0.3, 0.4) is 0 Å². The zero-order valence-corrected chi connectivity index (χ0v) is 19.3. The highest BCUT2D eigenvalue weighted by Crippen LogP contribution is 2.26. The van der Waals surface area contributed by atoms with E-state index in [2.05, 4.69) is 20.2 Å². The number of benzene rings is 1. The molecule has 0 spiro atoms. The molecule has 1 aliphatic rings. The molecule has 0 radical (unpaired) electrons. The van der Waals surface area contributed by atoms with Crippen molar-refractivity contribution in [3.8, 4) is 11.3 Å². The summed E-state index contributed by atoms with van der Waals surface area (Å²) in [5.41, 5.74) is 1.32. The van der Waals surface area contributed by atoms with E-state index < -0.39 is 17.6 Å². The van der Waals surface area contributed by atoms with Gasteiger partial charge in [0.2, 0.25) is 5.91 Å². The highest BCUT2D eigenvalue weighted by molar-refractivity contribution is 7.14. The van der Waals surface area contributed by atoms with E-state index in [1.807, 2.05) is 4.90 Å². The van der Waals surface area contributed by atoms with E-state index in [1.165, 1.54) is 23.6 Å². The predicted octanol–water partition coefficient (Wildman–Crippen LogP) is 3.42. The second-order valence-electron chi connectivity index (χ2n) is 7.60. The Morgan fingerprint density at radius 3 is 2.59 bits per heavy atom. The lowest BCUT2D eigenvalue weighted by Gasteiger charge is -2.34. The molecule has 1 aliphatic heterocycles. The fourth-order valence-corrected chi connectivity index (χ4v) is 4.26. The Bertz CT molecular complexity index is 1160. The van der Waals surface area contributed by atoms with Gasteiger partial charge in [-0.15, -0.1) is 11.3 Å². The summed E-state index contributed by atoms with van der Waals surface area (Å²) >= 11 is 1.22. The van der Waals surface area contributed by atoms with Crippen molar-refractivity contribution in [1.29, 1.82) is 0 Å². The van der Waals surface area contributed by atoms with Crippen molar-refractivity contribution in [2.45, 2.75) is 6.92 Å². The maximum atomic E-state index is 13.5. The SMILES string of the molecule is CCOC(=O)c1ccc(N2CCN(CC(=O)Nc3nc(-c4ccc(F)c(F)c4)cs3)CC2)nc1. The van der Waals surface area contributed by atoms with E-state index in [1.54, 1.807) is 24.4 Å². The van der Waals surface area contributed by atoms with E-state index >= 15 is 0 Å². The number of nitrogens with one attached hydrogen (secondary N) is 1. The monoisotopic (exact) mass is 487 g/mol. The number of esters is 1. The summed E-state index contributed by atoms with van der Waals surface area (Å²) in [5.74, 6) is -1.69. The van der Waals surface area contributed by atoms with Crippen LogP contribution in [0.2, 0.25) is 0 Å². The average Bonchev–Trinajstić information content (AvgIpc) is 3.30. The zero-order chi connectivity index (χ0) is 24.1. The number of pyridine rings is 1. The standard InChI is InChI=1S/C23H23F2N5O3S/c1-2-33-22(32)16-4-6-20(26-12-16)30-9-7-29(8-10-30)13-21(31)28-23-27-19(14-34-23)15-3-5-17(24)18(25)11-15/h3-6,11-12,14H,2,7-10,13H2,1H3,(H,27,28,31). The number of carbonyl (C=O) groups excluding carboxylic acids is 2. The number of rotatable bonds is 7. The molecule has 0 bridgehead atoms. The number of piperazine rings is 1. The molecular formula is C23H23F2N5O3S. The van der Waals surface area contributed by atoms with Crippen LogP contribution in [-0.2, 0) is 9.53 Å². The smallest absolute Gasteiger partial charge is 0.339 e. The predicted molar refractivity (Wildman–Crippen MR) is 125 cm³/mol. The van der Waals surface area contributed by atoms with E-state index in [-0.39, 0.29) is 12.5 Å². The van der Waals surface area contributed by atoms with Gasteiger partial charge in [0.25, 0.3) is 0 Å². The van der Waals surface area contributed by atoms with Gasteiger partial charge in [0.05, 0.1) is 24.4 Å². The Morgan fingerprint density at radius 1 is 1.12 bits per heavy atom. The molecule has 1 N–H and O–H groups in total. The fourth-order valence-electron chi connectivity index (χ4n) is 3.52. The summed E-state index contributed by atoms with van der Waals surface area (Å²) < 4.78 is 31.6. The molecule has 3 aromatic rings. The lowest BCUT2D eigenvalue weighted by Crippen LogP contribution is -2.48. The first-order valence-electron chi connectivity index (χ1n) is 10.7. The molecule has 0 atom stereocenters. The minimum atomic E-state index is -0.944. The molecule has 3 heterocycles. The summed E-state index contributed by atoms with van der Waals surface area (Å²) in [6.45, 7) is 5.01. The Morgan fingerprint density at radius 2 is 1.91 bits per heavy atom. The Balaban J connectivity index is 1.26. The normalized spacial score (nSPS) is 14.1. The van der Waals surface area contributed by atoms with Crippen LogP contribution in [0.15, 0.2) is 41.9 Å². The van der Waals surface area contributed by atoms with Gasteiger partial charge in [0, 0.05) is 43.3 Å². The maximum absolute atomic E-state index is 13.5. The fraction of sp³-hybridized carbons (Fsp3) is 0.304. The van der Waals surface area contributed by atoms with Crippen LogP contribution in [-0.4, -0.2) is 66.1 Å². The van der Waals surface area contributed by atoms with Crippen LogP contribution in [0.5, 0.6) is 0 Å². The first-order chi connectivity index (χ1) is 16.4. The summed E-state index contributed by atoms with van der Waals surface area (Å²) in [6, 6.07) is 7.06. The molecule has 4 rings (SSSR count). The van der Waals surface area contributed by atoms with Gasteiger partial charge in [0.1, 0.15) is 5.82 Å². The molecule has 0 unspecified atom stereocenters. The third kappa shape index (κ3) is 5.72. The molecule has 1 saturated heterocycles. The number of amides is 1. The number of carbonyl (C=O) groups is 2.